The zero-order valence-electron chi connectivity index (χ0n) is 36.1. The predicted molar refractivity (Wildman–Crippen MR) is 249 cm³/mol. The van der Waals surface area contributed by atoms with E-state index in [1.165, 1.54) is 40.3 Å². The van der Waals surface area contributed by atoms with E-state index < -0.39 is 0 Å². The molecule has 0 saturated heterocycles. The Bertz CT molecular complexity index is 2880. The van der Waals surface area contributed by atoms with Crippen LogP contribution in [0.3, 0.4) is 0 Å². The first-order valence-electron chi connectivity index (χ1n) is 21.2. The van der Waals surface area contributed by atoms with E-state index >= 15 is 0 Å². The highest BCUT2D eigenvalue weighted by molar-refractivity contribution is 6.30. The van der Waals surface area contributed by atoms with E-state index in [0.29, 0.717) is 108 Å². The number of rotatable bonds is 15. The van der Waals surface area contributed by atoms with Gasteiger partial charge in [-0.3, -0.25) is 29.0 Å². The second-order valence-corrected chi connectivity index (χ2v) is 15.2. The van der Waals surface area contributed by atoms with Gasteiger partial charge in [-0.05, 0) is 79.9 Å². The van der Waals surface area contributed by atoms with Crippen LogP contribution in [0, 0.1) is 35.3 Å². The summed E-state index contributed by atoms with van der Waals surface area (Å²) in [5.41, 5.74) is 3.87. The van der Waals surface area contributed by atoms with Crippen LogP contribution in [0.2, 0.25) is 5.15 Å². The molecule has 0 saturated carbocycles. The van der Waals surface area contributed by atoms with Crippen molar-refractivity contribution in [3.63, 3.8) is 0 Å². The Hall–Kier alpha value is -8.05. The Morgan fingerprint density at radius 1 is 0.612 bits per heavy atom. The fourth-order valence-electron chi connectivity index (χ4n) is 6.84. The summed E-state index contributed by atoms with van der Waals surface area (Å²) in [5, 5.41) is 9.28. The van der Waals surface area contributed by atoms with Crippen molar-refractivity contribution in [3.8, 4) is 23.7 Å². The highest BCUT2D eigenvalue weighted by Crippen LogP contribution is 2.25. The van der Waals surface area contributed by atoms with Crippen LogP contribution in [0.15, 0.2) is 109 Å². The number of nitrogens with zero attached hydrogens (tertiary/aromatic N) is 6. The van der Waals surface area contributed by atoms with Gasteiger partial charge in [-0.2, -0.15) is 9.97 Å². The Balaban J connectivity index is 0.000000201. The summed E-state index contributed by atoms with van der Waals surface area (Å²) < 4.78 is 31.9. The summed E-state index contributed by atoms with van der Waals surface area (Å²) in [7, 11) is 1.64. The van der Waals surface area contributed by atoms with Gasteiger partial charge in [-0.1, -0.05) is 71.7 Å². The maximum absolute atomic E-state index is 13.5. The molecule has 0 bridgehead atoms. The summed E-state index contributed by atoms with van der Waals surface area (Å²) in [6.07, 6.45) is 5.90. The second kappa shape index (κ2) is 22.7. The molecule has 17 heteroatoms. The normalized spacial score (nSPS) is 12.3. The molecule has 2 aromatic heterocycles. The summed E-state index contributed by atoms with van der Waals surface area (Å²) >= 11 is 6.17. The van der Waals surface area contributed by atoms with E-state index in [1.54, 1.807) is 86.1 Å². The molecule has 0 unspecified atom stereocenters. The lowest BCUT2D eigenvalue weighted by Gasteiger charge is -2.12. The average Bonchev–Trinajstić information content (AvgIpc) is 3.71. The lowest BCUT2D eigenvalue weighted by molar-refractivity contribution is 0.0637. The Morgan fingerprint density at radius 3 is 1.54 bits per heavy atom. The van der Waals surface area contributed by atoms with Crippen molar-refractivity contribution < 1.29 is 32.7 Å². The number of hydrogen-bond acceptors (Lipinski definition) is 12. The number of fused-ring (bicyclic) bond motifs is 2. The molecular weight excluding hydrogens is 880 g/mol. The van der Waals surface area contributed by atoms with Gasteiger partial charge in [-0.25, -0.2) is 18.7 Å². The van der Waals surface area contributed by atoms with Crippen LogP contribution in [0.4, 0.5) is 37.9 Å². The first kappa shape index (κ1) is 46.9. The van der Waals surface area contributed by atoms with E-state index in [4.69, 9.17) is 16.3 Å². The molecule has 0 aliphatic carbocycles. The standard InChI is InChI=1S/C27H26FN5O3.C23H16ClFN4O2/c1-36-16-8-14-29-24-19(18-30-27(32-24)31-21-11-7-10-20(28)17-21)9-3-2-6-15-33-25(34)22-12-4-5-13-23(22)26(33)35;24-20-15(14-26-23(28-20)27-17-9-6-8-16(25)13-17)7-2-1-5-12-29-21(30)18-10-3-4-11-19(18)22(29)31/h4-5,7,10-13,17-18H,2,6,8,14-16H2,1H3,(H2,29,30,31,32);3-4,6,8-11,13-14H,1,5,12H2,(H,26,27,28). The van der Waals surface area contributed by atoms with Crippen LogP contribution in [0.5, 0.6) is 0 Å². The first-order chi connectivity index (χ1) is 32.6. The lowest BCUT2D eigenvalue weighted by atomic mass is 10.1. The lowest BCUT2D eigenvalue weighted by Crippen LogP contribution is -2.30. The largest absolute Gasteiger partial charge is 0.385 e. The van der Waals surface area contributed by atoms with Crippen LogP contribution >= 0.6 is 11.6 Å². The Labute approximate surface area is 390 Å². The molecule has 2 aliphatic heterocycles. The number of carbonyl (C=O) groups is 4. The topological polar surface area (TPSA) is 172 Å². The van der Waals surface area contributed by atoms with E-state index in [0.717, 1.165) is 6.42 Å². The molecule has 14 nitrogen and oxygen atoms in total. The maximum Gasteiger partial charge on any atom is 0.261 e. The molecule has 6 aromatic rings. The third-order valence-electron chi connectivity index (χ3n) is 10.1. The van der Waals surface area contributed by atoms with E-state index in [2.05, 4.69) is 59.6 Å². The zero-order valence-corrected chi connectivity index (χ0v) is 36.9. The molecule has 4 amide bonds. The monoisotopic (exact) mass is 921 g/mol. The fourth-order valence-corrected chi connectivity index (χ4v) is 7.01. The Kier molecular flexibility index (Phi) is 15.9. The molecule has 0 atom stereocenters. The molecule has 3 N–H and O–H groups in total. The van der Waals surface area contributed by atoms with Crippen LogP contribution in [0.25, 0.3) is 0 Å². The minimum absolute atomic E-state index is 0.168. The van der Waals surface area contributed by atoms with Crippen molar-refractivity contribution in [2.45, 2.75) is 32.1 Å². The SMILES string of the molecule is COCCCNc1nc(Nc2cccc(F)c2)ncc1C#CCCCN1C(=O)c2ccccc2C1=O.O=C1c2ccccc2C(=O)N1CCCC#Cc1cnc(Nc2cccc(F)c2)nc1Cl. The number of ether oxygens (including phenoxy) is 1. The number of methoxy groups -OCH3 is 1. The van der Waals surface area contributed by atoms with Gasteiger partial charge in [0.25, 0.3) is 23.6 Å². The molecule has 0 radical (unpaired) electrons. The molecule has 4 heterocycles. The zero-order chi connectivity index (χ0) is 47.1. The van der Waals surface area contributed by atoms with Crippen molar-refractivity contribution in [1.29, 1.82) is 0 Å². The minimum Gasteiger partial charge on any atom is -0.385 e. The van der Waals surface area contributed by atoms with Gasteiger partial charge in [-0.15, -0.1) is 0 Å². The van der Waals surface area contributed by atoms with Gasteiger partial charge >= 0.3 is 0 Å². The predicted octanol–water partition coefficient (Wildman–Crippen LogP) is 8.68. The third-order valence-corrected chi connectivity index (χ3v) is 10.4. The van der Waals surface area contributed by atoms with Gasteiger partial charge in [0.1, 0.15) is 22.6 Å². The molecular formula is C50H42ClF2N9O5. The van der Waals surface area contributed by atoms with Gasteiger partial charge in [0.05, 0.1) is 39.6 Å². The van der Waals surface area contributed by atoms with E-state index in [1.807, 2.05) is 0 Å². The number of hydrogen-bond donors (Lipinski definition) is 3. The van der Waals surface area contributed by atoms with Crippen molar-refractivity contribution in [2.75, 3.05) is 49.3 Å². The molecule has 8 rings (SSSR count). The second-order valence-electron chi connectivity index (χ2n) is 14.8. The summed E-state index contributed by atoms with van der Waals surface area (Å²) in [5.74, 6) is 11.3. The molecule has 0 fully saturated rings. The van der Waals surface area contributed by atoms with Gasteiger partial charge in [0, 0.05) is 63.8 Å². The number of unbranched alkanes of at least 4 members (excludes halogenated alkanes) is 2. The number of anilines is 5. The van der Waals surface area contributed by atoms with Gasteiger partial charge < -0.3 is 20.7 Å². The molecule has 67 heavy (non-hydrogen) atoms. The summed E-state index contributed by atoms with van der Waals surface area (Å²) in [6, 6.07) is 25.6. The molecule has 338 valence electrons. The van der Waals surface area contributed by atoms with Crippen LogP contribution in [-0.2, 0) is 4.74 Å². The number of aromatic nitrogens is 4. The highest BCUT2D eigenvalue weighted by Gasteiger charge is 2.35. The van der Waals surface area contributed by atoms with Crippen LogP contribution in [0.1, 0.15) is 84.7 Å². The third kappa shape index (κ3) is 12.2. The van der Waals surface area contributed by atoms with Crippen molar-refractivity contribution in [3.05, 3.63) is 160 Å². The number of imide groups is 2. The number of amides is 4. The van der Waals surface area contributed by atoms with Crippen molar-refractivity contribution in [1.82, 2.24) is 29.7 Å². The molecule has 2 aliphatic rings. The van der Waals surface area contributed by atoms with E-state index in [-0.39, 0.29) is 46.4 Å². The smallest absolute Gasteiger partial charge is 0.261 e. The number of halogens is 3. The van der Waals surface area contributed by atoms with Crippen molar-refractivity contribution >= 4 is 64.3 Å². The quantitative estimate of drug-likeness (QED) is 0.0388. The average molecular weight is 922 g/mol. The van der Waals surface area contributed by atoms with Crippen LogP contribution < -0.4 is 16.0 Å². The number of nitrogens with one attached hydrogen (secondary N) is 3. The summed E-state index contributed by atoms with van der Waals surface area (Å²) in [6.45, 7) is 1.82. The highest BCUT2D eigenvalue weighted by atomic mass is 35.5. The van der Waals surface area contributed by atoms with Gasteiger partial charge in [0.2, 0.25) is 11.9 Å². The molecule has 0 spiro atoms. The first-order valence-corrected chi connectivity index (χ1v) is 21.5. The minimum atomic E-state index is -0.375. The van der Waals surface area contributed by atoms with Gasteiger partial charge in [0.15, 0.2) is 0 Å². The fraction of sp³-hybridized carbons (Fsp3) is 0.200. The van der Waals surface area contributed by atoms with Crippen molar-refractivity contribution in [2.24, 2.45) is 0 Å². The Morgan fingerprint density at radius 2 is 1.07 bits per heavy atom. The van der Waals surface area contributed by atoms with Crippen LogP contribution in [-0.4, -0.2) is 86.7 Å². The maximum atomic E-state index is 13.5. The summed E-state index contributed by atoms with van der Waals surface area (Å²) in [4.78, 5) is 69.2. The van der Waals surface area contributed by atoms with E-state index in [9.17, 15) is 28.0 Å². The number of benzene rings is 4. The molecule has 4 aromatic carbocycles. The number of carbonyl (C=O) groups excluding carboxylic acids is 4.